The van der Waals surface area contributed by atoms with Gasteiger partial charge in [-0.3, -0.25) is 0 Å². The van der Waals surface area contributed by atoms with E-state index in [9.17, 15) is 10.2 Å². The molecule has 0 unspecified atom stereocenters. The number of rotatable bonds is 15. The van der Waals surface area contributed by atoms with E-state index >= 15 is 0 Å². The Hall–Kier alpha value is -2.74. The second-order valence-corrected chi connectivity index (χ2v) is 11.2. The summed E-state index contributed by atoms with van der Waals surface area (Å²) >= 11 is 0. The Morgan fingerprint density at radius 3 is 1.73 bits per heavy atom. The standard InChI is InChI=1S/C35H44O10/c1-38-33-31(36)28(45-35(37)34(33)39-2)23-42-30-18-27(41-20-25-14-8-4-9-15-25)32(43-21-26-16-10-5-11-17-26)29(44-30)22-40-19-24-12-6-3-7-13-24/h3-17,27-37H,18-23H2,1-2H3/t27-,28-,29-,30+,31-,32+,33+,34-,35+/m1/s1. The van der Waals surface area contributed by atoms with Crippen molar-refractivity contribution in [3.8, 4) is 0 Å². The molecule has 3 aromatic carbocycles. The molecule has 3 aromatic rings. The van der Waals surface area contributed by atoms with Crippen molar-refractivity contribution in [2.75, 3.05) is 27.4 Å². The minimum absolute atomic E-state index is 0.0578. The monoisotopic (exact) mass is 624 g/mol. The van der Waals surface area contributed by atoms with Crippen LogP contribution in [0, 0.1) is 0 Å². The Balaban J connectivity index is 1.30. The maximum atomic E-state index is 10.9. The molecule has 2 heterocycles. The van der Waals surface area contributed by atoms with Gasteiger partial charge in [0.15, 0.2) is 12.6 Å². The number of methoxy groups -OCH3 is 2. The zero-order valence-corrected chi connectivity index (χ0v) is 25.8. The highest BCUT2D eigenvalue weighted by Crippen LogP contribution is 2.30. The van der Waals surface area contributed by atoms with Gasteiger partial charge in [0.1, 0.15) is 36.6 Å². The summed E-state index contributed by atoms with van der Waals surface area (Å²) in [5, 5.41) is 21.4. The molecule has 244 valence electrons. The number of benzene rings is 3. The van der Waals surface area contributed by atoms with Crippen molar-refractivity contribution < 1.29 is 48.1 Å². The molecule has 2 fully saturated rings. The molecular weight excluding hydrogens is 580 g/mol. The Bertz CT molecular complexity index is 1230. The van der Waals surface area contributed by atoms with Crippen LogP contribution in [-0.2, 0) is 57.7 Å². The van der Waals surface area contributed by atoms with Crippen LogP contribution in [0.1, 0.15) is 23.1 Å². The molecule has 10 nitrogen and oxygen atoms in total. The first-order valence-electron chi connectivity index (χ1n) is 15.3. The summed E-state index contributed by atoms with van der Waals surface area (Å²) in [5.74, 6) is 0. The number of aliphatic hydroxyl groups is 2. The van der Waals surface area contributed by atoms with Crippen molar-refractivity contribution in [3.05, 3.63) is 108 Å². The van der Waals surface area contributed by atoms with Crippen LogP contribution in [0.25, 0.3) is 0 Å². The van der Waals surface area contributed by atoms with E-state index in [4.69, 9.17) is 37.9 Å². The van der Waals surface area contributed by atoms with Crippen molar-refractivity contribution in [2.24, 2.45) is 0 Å². The fourth-order valence-corrected chi connectivity index (χ4v) is 5.69. The molecule has 0 radical (unpaired) electrons. The van der Waals surface area contributed by atoms with Gasteiger partial charge in [-0.25, -0.2) is 0 Å². The minimum Gasteiger partial charge on any atom is -0.387 e. The average molecular weight is 625 g/mol. The quantitative estimate of drug-likeness (QED) is 0.260. The van der Waals surface area contributed by atoms with Crippen LogP contribution in [0.4, 0.5) is 0 Å². The van der Waals surface area contributed by atoms with E-state index < -0.39 is 55.3 Å². The van der Waals surface area contributed by atoms with Gasteiger partial charge in [0.2, 0.25) is 0 Å². The lowest BCUT2D eigenvalue weighted by atomic mass is 9.98. The fraction of sp³-hybridized carbons (Fsp3) is 0.486. The van der Waals surface area contributed by atoms with Gasteiger partial charge in [-0.05, 0) is 16.7 Å². The molecule has 0 amide bonds. The summed E-state index contributed by atoms with van der Waals surface area (Å²) in [6, 6.07) is 29.8. The van der Waals surface area contributed by atoms with Gasteiger partial charge < -0.3 is 48.1 Å². The Morgan fingerprint density at radius 2 is 1.16 bits per heavy atom. The SMILES string of the molecule is CO[C@@H]1[C@@H](OC)[C@H](O)[C@@H](CO[C@@H]2C[C@@H](OCc3ccccc3)[C@H](OCc3ccccc3)[C@@H](COCc3ccccc3)O2)O[C@@H]1O. The summed E-state index contributed by atoms with van der Waals surface area (Å²) in [4.78, 5) is 0. The molecule has 0 bridgehead atoms. The molecule has 45 heavy (non-hydrogen) atoms. The molecule has 0 spiro atoms. The summed E-state index contributed by atoms with van der Waals surface area (Å²) in [6.45, 7) is 1.34. The summed E-state index contributed by atoms with van der Waals surface area (Å²) in [5.41, 5.74) is 3.11. The van der Waals surface area contributed by atoms with Crippen LogP contribution >= 0.6 is 0 Å². The highest BCUT2D eigenvalue weighted by molar-refractivity contribution is 5.15. The number of aliphatic hydroxyl groups excluding tert-OH is 2. The lowest BCUT2D eigenvalue weighted by molar-refractivity contribution is -0.317. The van der Waals surface area contributed by atoms with E-state index in [1.165, 1.54) is 14.2 Å². The lowest BCUT2D eigenvalue weighted by Crippen LogP contribution is -2.60. The molecule has 0 saturated carbocycles. The largest absolute Gasteiger partial charge is 0.387 e. The van der Waals surface area contributed by atoms with Gasteiger partial charge >= 0.3 is 0 Å². The van der Waals surface area contributed by atoms with Crippen LogP contribution in [-0.4, -0.2) is 93.0 Å². The van der Waals surface area contributed by atoms with Gasteiger partial charge in [-0.15, -0.1) is 0 Å². The zero-order chi connectivity index (χ0) is 31.4. The fourth-order valence-electron chi connectivity index (χ4n) is 5.69. The lowest BCUT2D eigenvalue weighted by Gasteiger charge is -2.43. The second-order valence-electron chi connectivity index (χ2n) is 11.2. The predicted molar refractivity (Wildman–Crippen MR) is 164 cm³/mol. The van der Waals surface area contributed by atoms with E-state index in [0.29, 0.717) is 26.2 Å². The van der Waals surface area contributed by atoms with Crippen molar-refractivity contribution >= 4 is 0 Å². The first-order valence-corrected chi connectivity index (χ1v) is 15.3. The van der Waals surface area contributed by atoms with Crippen molar-refractivity contribution in [1.82, 2.24) is 0 Å². The van der Waals surface area contributed by atoms with Crippen LogP contribution in [0.2, 0.25) is 0 Å². The molecule has 10 heteroatoms. The van der Waals surface area contributed by atoms with Crippen LogP contribution in [0.3, 0.4) is 0 Å². The topological polar surface area (TPSA) is 114 Å². The van der Waals surface area contributed by atoms with E-state index in [-0.39, 0.29) is 13.2 Å². The molecule has 9 atom stereocenters. The highest BCUT2D eigenvalue weighted by Gasteiger charge is 2.47. The average Bonchev–Trinajstić information content (AvgIpc) is 3.08. The smallest absolute Gasteiger partial charge is 0.184 e. The van der Waals surface area contributed by atoms with Gasteiger partial charge in [-0.2, -0.15) is 0 Å². The Morgan fingerprint density at radius 1 is 0.600 bits per heavy atom. The summed E-state index contributed by atoms with van der Waals surface area (Å²) < 4.78 is 48.1. The van der Waals surface area contributed by atoms with Crippen molar-refractivity contribution in [3.63, 3.8) is 0 Å². The Kier molecular flexibility index (Phi) is 12.9. The number of hydrogen-bond acceptors (Lipinski definition) is 10. The molecule has 2 aliphatic heterocycles. The van der Waals surface area contributed by atoms with Gasteiger partial charge in [0, 0.05) is 20.6 Å². The highest BCUT2D eigenvalue weighted by atomic mass is 16.7. The number of ether oxygens (including phenoxy) is 8. The minimum atomic E-state index is -1.29. The van der Waals surface area contributed by atoms with E-state index in [1.54, 1.807) is 0 Å². The molecule has 5 rings (SSSR count). The maximum Gasteiger partial charge on any atom is 0.184 e. The third-order valence-electron chi connectivity index (χ3n) is 8.10. The molecule has 2 aliphatic rings. The Labute approximate surface area is 264 Å². The summed E-state index contributed by atoms with van der Waals surface area (Å²) in [7, 11) is 2.87. The molecule has 0 aliphatic carbocycles. The zero-order valence-electron chi connectivity index (χ0n) is 25.8. The number of hydrogen-bond donors (Lipinski definition) is 2. The molecular formula is C35H44O10. The van der Waals surface area contributed by atoms with Crippen molar-refractivity contribution in [2.45, 2.75) is 81.5 Å². The van der Waals surface area contributed by atoms with E-state index in [0.717, 1.165) is 16.7 Å². The molecule has 0 aromatic heterocycles. The first-order chi connectivity index (χ1) is 22.1. The van der Waals surface area contributed by atoms with Crippen LogP contribution < -0.4 is 0 Å². The third-order valence-corrected chi connectivity index (χ3v) is 8.10. The first kappa shape index (κ1) is 33.6. The van der Waals surface area contributed by atoms with Crippen molar-refractivity contribution in [1.29, 1.82) is 0 Å². The van der Waals surface area contributed by atoms with Gasteiger partial charge in [0.05, 0.1) is 39.1 Å². The van der Waals surface area contributed by atoms with Gasteiger partial charge in [-0.1, -0.05) is 91.0 Å². The maximum absolute atomic E-state index is 10.9. The molecule has 2 saturated heterocycles. The predicted octanol–water partition coefficient (Wildman–Crippen LogP) is 3.61. The second kappa shape index (κ2) is 17.3. The normalized spacial score (nSPS) is 30.3. The van der Waals surface area contributed by atoms with E-state index in [1.807, 2.05) is 91.0 Å². The van der Waals surface area contributed by atoms with Gasteiger partial charge in [0.25, 0.3) is 0 Å². The van der Waals surface area contributed by atoms with E-state index in [2.05, 4.69) is 0 Å². The molecule has 2 N–H and O–H groups in total. The summed E-state index contributed by atoms with van der Waals surface area (Å²) in [6.07, 6.45) is -6.62. The van der Waals surface area contributed by atoms with Crippen LogP contribution in [0.5, 0.6) is 0 Å². The van der Waals surface area contributed by atoms with Crippen LogP contribution in [0.15, 0.2) is 91.0 Å². The third kappa shape index (κ3) is 9.40.